The van der Waals surface area contributed by atoms with E-state index >= 15 is 0 Å². The van der Waals surface area contributed by atoms with E-state index in [0.29, 0.717) is 38.1 Å². The highest BCUT2D eigenvalue weighted by Gasteiger charge is 2.49. The number of piperidine rings is 1. The molecule has 31 heavy (non-hydrogen) atoms. The lowest BCUT2D eigenvalue weighted by atomic mass is 9.91. The van der Waals surface area contributed by atoms with Crippen LogP contribution < -0.4 is 5.32 Å². The minimum absolute atomic E-state index is 0.209. The number of nitrogens with zero attached hydrogens (tertiary/aromatic N) is 2. The molecule has 0 aromatic heterocycles. The number of aryl methyl sites for hydroxylation is 1. The Morgan fingerprint density at radius 2 is 1.77 bits per heavy atom. The van der Waals surface area contributed by atoms with Crippen LogP contribution in [0.25, 0.3) is 0 Å². The minimum atomic E-state index is -1.20. The zero-order chi connectivity index (χ0) is 22.6. The van der Waals surface area contributed by atoms with Crippen molar-refractivity contribution in [1.29, 1.82) is 0 Å². The van der Waals surface area contributed by atoms with E-state index in [0.717, 1.165) is 17.7 Å². The molecule has 2 heterocycles. The van der Waals surface area contributed by atoms with E-state index in [9.17, 15) is 19.2 Å². The van der Waals surface area contributed by atoms with Gasteiger partial charge < -0.3 is 15.0 Å². The Balaban J connectivity index is 1.62. The molecule has 0 unspecified atom stereocenters. The number of esters is 1. The number of benzene rings is 1. The summed E-state index contributed by atoms with van der Waals surface area (Å²) in [6, 6.07) is 7.07. The molecule has 3 rings (SSSR count). The van der Waals surface area contributed by atoms with Crippen molar-refractivity contribution in [2.75, 3.05) is 26.2 Å². The van der Waals surface area contributed by atoms with Crippen LogP contribution in [-0.4, -0.2) is 59.9 Å². The number of rotatable bonds is 7. The van der Waals surface area contributed by atoms with Crippen molar-refractivity contribution >= 4 is 23.8 Å². The van der Waals surface area contributed by atoms with Gasteiger partial charge in [0, 0.05) is 13.1 Å². The molecule has 1 aromatic carbocycles. The zero-order valence-corrected chi connectivity index (χ0v) is 18.5. The third-order valence-electron chi connectivity index (χ3n) is 6.11. The third-order valence-corrected chi connectivity index (χ3v) is 6.11. The van der Waals surface area contributed by atoms with Crippen LogP contribution in [0.5, 0.6) is 0 Å². The van der Waals surface area contributed by atoms with Crippen LogP contribution in [-0.2, 0) is 31.1 Å². The van der Waals surface area contributed by atoms with Crippen molar-refractivity contribution in [3.8, 4) is 0 Å². The Bertz CT molecular complexity index is 845. The molecule has 2 fully saturated rings. The van der Waals surface area contributed by atoms with Gasteiger partial charge in [-0.1, -0.05) is 37.6 Å². The van der Waals surface area contributed by atoms with E-state index in [-0.39, 0.29) is 24.3 Å². The molecular weight excluding hydrogens is 398 g/mol. The predicted octanol–water partition coefficient (Wildman–Crippen LogP) is 2.21. The lowest BCUT2D eigenvalue weighted by Gasteiger charge is -2.31. The summed E-state index contributed by atoms with van der Waals surface area (Å²) < 4.78 is 5.05. The Kier molecular flexibility index (Phi) is 6.97. The van der Waals surface area contributed by atoms with Gasteiger partial charge in [-0.25, -0.2) is 4.79 Å². The third kappa shape index (κ3) is 4.73. The first-order valence-electron chi connectivity index (χ1n) is 11.0. The van der Waals surface area contributed by atoms with Crippen molar-refractivity contribution in [1.82, 2.24) is 15.1 Å². The van der Waals surface area contributed by atoms with Crippen molar-refractivity contribution < 1.29 is 23.9 Å². The van der Waals surface area contributed by atoms with Crippen molar-refractivity contribution in [3.05, 3.63) is 35.4 Å². The fourth-order valence-electron chi connectivity index (χ4n) is 4.19. The number of urea groups is 1. The molecular formula is C23H31N3O5. The number of carbonyl (C=O) groups excluding carboxylic acids is 4. The van der Waals surface area contributed by atoms with Gasteiger partial charge in [-0.3, -0.25) is 19.3 Å². The average Bonchev–Trinajstić information content (AvgIpc) is 2.98. The lowest BCUT2D eigenvalue weighted by Crippen LogP contribution is -2.47. The Morgan fingerprint density at radius 3 is 2.35 bits per heavy atom. The summed E-state index contributed by atoms with van der Waals surface area (Å²) in [4.78, 5) is 52.8. The normalized spacial score (nSPS) is 21.9. The van der Waals surface area contributed by atoms with Gasteiger partial charge in [0.15, 0.2) is 0 Å². The van der Waals surface area contributed by atoms with Gasteiger partial charge in [0.2, 0.25) is 5.91 Å². The van der Waals surface area contributed by atoms with Gasteiger partial charge in [0.25, 0.3) is 5.91 Å². The highest BCUT2D eigenvalue weighted by Crippen LogP contribution is 2.29. The standard InChI is InChI=1S/C23H31N3O5/c1-4-6-16-7-9-18(10-8-16)23(3)21(29)26(22(30)24-23)15-19(27)25-13-11-17(12-14-25)20(28)31-5-2/h7-10,17H,4-6,11-15H2,1-3H3,(H,24,30)/t23-/m1/s1. The summed E-state index contributed by atoms with van der Waals surface area (Å²) in [6.07, 6.45) is 3.02. The summed E-state index contributed by atoms with van der Waals surface area (Å²) in [7, 11) is 0. The van der Waals surface area contributed by atoms with E-state index in [1.165, 1.54) is 5.56 Å². The monoisotopic (exact) mass is 429 g/mol. The highest BCUT2D eigenvalue weighted by molar-refractivity contribution is 6.09. The first kappa shape index (κ1) is 22.8. The smallest absolute Gasteiger partial charge is 0.325 e. The molecule has 1 aromatic rings. The fourth-order valence-corrected chi connectivity index (χ4v) is 4.19. The molecule has 0 radical (unpaired) electrons. The number of hydrogen-bond acceptors (Lipinski definition) is 5. The van der Waals surface area contributed by atoms with Crippen molar-refractivity contribution in [2.45, 2.75) is 52.0 Å². The topological polar surface area (TPSA) is 96.0 Å². The number of hydrogen-bond donors (Lipinski definition) is 1. The number of amides is 4. The second-order valence-electron chi connectivity index (χ2n) is 8.30. The average molecular weight is 430 g/mol. The molecule has 4 amide bonds. The van der Waals surface area contributed by atoms with Crippen molar-refractivity contribution in [3.63, 3.8) is 0 Å². The Hall–Kier alpha value is -2.90. The van der Waals surface area contributed by atoms with Gasteiger partial charge >= 0.3 is 12.0 Å². The number of imide groups is 1. The van der Waals surface area contributed by atoms with Gasteiger partial charge in [0.05, 0.1) is 12.5 Å². The SMILES string of the molecule is CCCc1ccc([C@@]2(C)NC(=O)N(CC(=O)N3CCC(C(=O)OCC)CC3)C2=O)cc1. The van der Waals surface area contributed by atoms with Crippen LogP contribution in [0.2, 0.25) is 0 Å². The van der Waals surface area contributed by atoms with Crippen LogP contribution in [0.1, 0.15) is 51.2 Å². The Morgan fingerprint density at radius 1 is 1.13 bits per heavy atom. The number of likely N-dealkylation sites (tertiary alicyclic amines) is 1. The van der Waals surface area contributed by atoms with Gasteiger partial charge in [0.1, 0.15) is 12.1 Å². The molecule has 2 saturated heterocycles. The minimum Gasteiger partial charge on any atom is -0.466 e. The van der Waals surface area contributed by atoms with Gasteiger partial charge in [-0.05, 0) is 44.2 Å². The molecule has 1 N–H and O–H groups in total. The summed E-state index contributed by atoms with van der Waals surface area (Å²) in [5.41, 5.74) is 0.666. The summed E-state index contributed by atoms with van der Waals surface area (Å²) >= 11 is 0. The molecule has 2 aliphatic heterocycles. The van der Waals surface area contributed by atoms with Crippen LogP contribution in [0.4, 0.5) is 4.79 Å². The van der Waals surface area contributed by atoms with Crippen molar-refractivity contribution in [2.24, 2.45) is 5.92 Å². The molecule has 8 nitrogen and oxygen atoms in total. The lowest BCUT2D eigenvalue weighted by molar-refractivity contribution is -0.151. The summed E-state index contributed by atoms with van der Waals surface area (Å²) in [6.45, 7) is 6.37. The predicted molar refractivity (Wildman–Crippen MR) is 114 cm³/mol. The Labute approximate surface area is 182 Å². The fraction of sp³-hybridized carbons (Fsp3) is 0.565. The summed E-state index contributed by atoms with van der Waals surface area (Å²) in [5, 5.41) is 2.75. The maximum Gasteiger partial charge on any atom is 0.325 e. The number of nitrogens with one attached hydrogen (secondary N) is 1. The molecule has 8 heteroatoms. The van der Waals surface area contributed by atoms with Crippen LogP contribution in [0.15, 0.2) is 24.3 Å². The van der Waals surface area contributed by atoms with E-state index < -0.39 is 17.5 Å². The number of carbonyl (C=O) groups is 4. The van der Waals surface area contributed by atoms with E-state index in [2.05, 4.69) is 12.2 Å². The molecule has 0 spiro atoms. The maximum atomic E-state index is 13.1. The second kappa shape index (κ2) is 9.49. The molecule has 0 aliphatic carbocycles. The van der Waals surface area contributed by atoms with E-state index in [1.54, 1.807) is 18.7 Å². The van der Waals surface area contributed by atoms with Gasteiger partial charge in [-0.15, -0.1) is 0 Å². The van der Waals surface area contributed by atoms with Crippen LogP contribution in [0.3, 0.4) is 0 Å². The van der Waals surface area contributed by atoms with Crippen LogP contribution >= 0.6 is 0 Å². The molecule has 2 aliphatic rings. The van der Waals surface area contributed by atoms with Crippen LogP contribution in [0, 0.1) is 5.92 Å². The number of ether oxygens (including phenoxy) is 1. The highest BCUT2D eigenvalue weighted by atomic mass is 16.5. The first-order valence-corrected chi connectivity index (χ1v) is 11.0. The molecule has 1 atom stereocenters. The largest absolute Gasteiger partial charge is 0.466 e. The maximum absolute atomic E-state index is 13.1. The molecule has 0 saturated carbocycles. The van der Waals surface area contributed by atoms with E-state index in [1.807, 2.05) is 24.3 Å². The summed E-state index contributed by atoms with van der Waals surface area (Å²) in [5.74, 6) is -1.17. The molecule has 0 bridgehead atoms. The zero-order valence-electron chi connectivity index (χ0n) is 18.5. The molecule has 168 valence electrons. The quantitative estimate of drug-likeness (QED) is 0.530. The first-order chi connectivity index (χ1) is 14.8. The second-order valence-corrected chi connectivity index (χ2v) is 8.30. The van der Waals surface area contributed by atoms with E-state index in [4.69, 9.17) is 4.74 Å². The van der Waals surface area contributed by atoms with Gasteiger partial charge in [-0.2, -0.15) is 0 Å².